The molecule has 0 saturated carbocycles. The van der Waals surface area contributed by atoms with E-state index in [0.29, 0.717) is 5.75 Å². The Hall–Kier alpha value is -2.88. The van der Waals surface area contributed by atoms with Crippen molar-refractivity contribution in [3.05, 3.63) is 53.0 Å². The third-order valence-corrected chi connectivity index (χ3v) is 4.86. The van der Waals surface area contributed by atoms with Gasteiger partial charge in [0.05, 0.1) is 0 Å². The van der Waals surface area contributed by atoms with Crippen molar-refractivity contribution in [2.45, 2.75) is 58.3 Å². The summed E-state index contributed by atoms with van der Waals surface area (Å²) in [4.78, 5) is 12.6. The van der Waals surface area contributed by atoms with Crippen LogP contribution in [0.15, 0.2) is 39.9 Å². The van der Waals surface area contributed by atoms with Gasteiger partial charge >= 0.3 is 5.91 Å². The molecule has 6 nitrogen and oxygen atoms in total. The summed E-state index contributed by atoms with van der Waals surface area (Å²) in [7, 11) is 0. The summed E-state index contributed by atoms with van der Waals surface area (Å²) in [6, 6.07) is 8.34. The fourth-order valence-electron chi connectivity index (χ4n) is 3.17. The van der Waals surface area contributed by atoms with Crippen molar-refractivity contribution in [1.29, 1.82) is 0 Å². The number of ether oxygens (including phenoxy) is 1. The molecule has 1 aliphatic heterocycles. The molecular formula is C21H22F4N2O4. The number of nitrogens with zero attached hydrogens (tertiary/aromatic N) is 2. The predicted octanol–water partition coefficient (Wildman–Crippen LogP) is 4.71. The Labute approximate surface area is 176 Å². The van der Waals surface area contributed by atoms with Crippen LogP contribution in [0.25, 0.3) is 0 Å². The number of hydrogen-bond donors (Lipinski definition) is 1. The number of aliphatic hydroxyl groups is 1. The molecule has 0 bridgehead atoms. The van der Waals surface area contributed by atoms with Gasteiger partial charge in [-0.1, -0.05) is 26.0 Å². The van der Waals surface area contributed by atoms with E-state index in [-0.39, 0.29) is 23.3 Å². The molecule has 0 aliphatic carbocycles. The van der Waals surface area contributed by atoms with Crippen molar-refractivity contribution < 1.29 is 36.6 Å². The second kappa shape index (κ2) is 8.70. The number of alkyl halides is 4. The number of furan rings is 1. The number of halogens is 4. The summed E-state index contributed by atoms with van der Waals surface area (Å²) >= 11 is 0. The van der Waals surface area contributed by atoms with Gasteiger partial charge in [-0.2, -0.15) is 10.1 Å². The Bertz CT molecular complexity index is 990. The van der Waals surface area contributed by atoms with E-state index in [0.717, 1.165) is 11.1 Å². The fraction of sp³-hybridized carbons (Fsp3) is 0.429. The fourth-order valence-corrected chi connectivity index (χ4v) is 3.17. The summed E-state index contributed by atoms with van der Waals surface area (Å²) in [5.41, 5.74) is -2.21. The van der Waals surface area contributed by atoms with E-state index in [2.05, 4.69) is 5.10 Å². The highest BCUT2D eigenvalue weighted by atomic mass is 19.3. The number of hydrogen-bond acceptors (Lipinski definition) is 5. The molecule has 0 spiro atoms. The lowest BCUT2D eigenvalue weighted by Gasteiger charge is -2.29. The minimum atomic E-state index is -3.51. The molecule has 0 fully saturated rings. The minimum Gasteiger partial charge on any atom is -0.485 e. The van der Waals surface area contributed by atoms with Gasteiger partial charge in [0.25, 0.3) is 12.9 Å². The average Bonchev–Trinajstić information content (AvgIpc) is 3.31. The number of carbonyl (C=O) groups excluding carboxylic acids is 1. The number of amides is 1. The van der Waals surface area contributed by atoms with E-state index >= 15 is 0 Å². The van der Waals surface area contributed by atoms with Crippen LogP contribution in [-0.4, -0.2) is 40.3 Å². The highest BCUT2D eigenvalue weighted by Gasteiger charge is 2.54. The van der Waals surface area contributed by atoms with Gasteiger partial charge in [0, 0.05) is 6.42 Å². The Morgan fingerprint density at radius 2 is 1.97 bits per heavy atom. The molecule has 0 radical (unpaired) electrons. The SMILES string of the molecule is Cc1ccc(C(C)C)c(OCc2ccc(C(=O)N3N=C(C(F)F)CC3(O)C(F)F)o2)c1. The molecule has 3 rings (SSSR count). The van der Waals surface area contributed by atoms with Crippen LogP contribution in [0, 0.1) is 6.92 Å². The third-order valence-electron chi connectivity index (χ3n) is 4.86. The van der Waals surface area contributed by atoms with Crippen LogP contribution in [0.2, 0.25) is 0 Å². The number of hydrazone groups is 1. The lowest BCUT2D eigenvalue weighted by Crippen LogP contribution is -2.51. The maximum Gasteiger partial charge on any atom is 0.312 e. The number of rotatable bonds is 7. The largest absolute Gasteiger partial charge is 0.485 e. The minimum absolute atomic E-state index is 0.0416. The van der Waals surface area contributed by atoms with Gasteiger partial charge < -0.3 is 14.3 Å². The van der Waals surface area contributed by atoms with E-state index in [1.54, 1.807) is 0 Å². The Morgan fingerprint density at radius 3 is 2.58 bits per heavy atom. The van der Waals surface area contributed by atoms with E-state index in [1.807, 2.05) is 39.0 Å². The molecular weight excluding hydrogens is 420 g/mol. The molecule has 2 heterocycles. The molecule has 1 aromatic heterocycles. The summed E-state index contributed by atoms with van der Waals surface area (Å²) in [5, 5.41) is 13.3. The molecule has 31 heavy (non-hydrogen) atoms. The molecule has 2 aromatic rings. The van der Waals surface area contributed by atoms with Gasteiger partial charge in [0.1, 0.15) is 23.8 Å². The van der Waals surface area contributed by atoms with Crippen LogP contribution < -0.4 is 4.74 Å². The highest BCUT2D eigenvalue weighted by molar-refractivity contribution is 5.97. The van der Waals surface area contributed by atoms with Crippen LogP contribution in [-0.2, 0) is 6.61 Å². The van der Waals surface area contributed by atoms with Gasteiger partial charge in [0.2, 0.25) is 5.72 Å². The smallest absolute Gasteiger partial charge is 0.312 e. The van der Waals surface area contributed by atoms with Crippen LogP contribution in [0.1, 0.15) is 53.6 Å². The summed E-state index contributed by atoms with van der Waals surface area (Å²) in [6.45, 7) is 5.88. The van der Waals surface area contributed by atoms with Gasteiger partial charge in [-0.25, -0.2) is 17.6 Å². The Kier molecular flexibility index (Phi) is 6.40. The molecule has 1 aromatic carbocycles. The van der Waals surface area contributed by atoms with Crippen molar-refractivity contribution >= 4 is 11.6 Å². The van der Waals surface area contributed by atoms with E-state index in [9.17, 15) is 27.5 Å². The monoisotopic (exact) mass is 442 g/mol. The maximum atomic E-state index is 13.3. The van der Waals surface area contributed by atoms with E-state index in [1.165, 1.54) is 12.1 Å². The third kappa shape index (κ3) is 4.58. The zero-order valence-corrected chi connectivity index (χ0v) is 17.1. The maximum absolute atomic E-state index is 13.3. The van der Waals surface area contributed by atoms with Crippen molar-refractivity contribution in [2.75, 3.05) is 0 Å². The second-order valence-corrected chi connectivity index (χ2v) is 7.62. The van der Waals surface area contributed by atoms with Crippen LogP contribution in [0.4, 0.5) is 17.6 Å². The molecule has 1 amide bonds. The summed E-state index contributed by atoms with van der Waals surface area (Å²) in [5.74, 6) is -0.656. The number of carbonyl (C=O) groups is 1. The van der Waals surface area contributed by atoms with Crippen molar-refractivity contribution in [3.63, 3.8) is 0 Å². The van der Waals surface area contributed by atoms with Gasteiger partial charge in [-0.15, -0.1) is 0 Å². The van der Waals surface area contributed by atoms with Gasteiger partial charge in [-0.05, 0) is 42.2 Å². The van der Waals surface area contributed by atoms with Crippen molar-refractivity contribution in [2.24, 2.45) is 5.10 Å². The van der Waals surface area contributed by atoms with Crippen LogP contribution >= 0.6 is 0 Å². The first-order chi connectivity index (χ1) is 14.5. The van der Waals surface area contributed by atoms with Crippen molar-refractivity contribution in [3.8, 4) is 5.75 Å². The summed E-state index contributed by atoms with van der Waals surface area (Å²) < 4.78 is 63.6. The van der Waals surface area contributed by atoms with E-state index in [4.69, 9.17) is 9.15 Å². The second-order valence-electron chi connectivity index (χ2n) is 7.62. The lowest BCUT2D eigenvalue weighted by molar-refractivity contribution is -0.164. The van der Waals surface area contributed by atoms with Crippen LogP contribution in [0.3, 0.4) is 0 Å². The van der Waals surface area contributed by atoms with E-state index < -0.39 is 42.4 Å². The first-order valence-electron chi connectivity index (χ1n) is 9.55. The normalized spacial score (nSPS) is 18.9. The molecule has 168 valence electrons. The molecule has 1 atom stereocenters. The van der Waals surface area contributed by atoms with Gasteiger partial charge in [-0.3, -0.25) is 4.79 Å². The molecule has 0 saturated heterocycles. The Morgan fingerprint density at radius 1 is 1.26 bits per heavy atom. The standard InChI is InChI=1S/C21H22F4N2O4/c1-11(2)14-6-4-12(3)8-17(14)30-10-13-5-7-16(31-13)19(28)27-21(29,20(24)25)9-15(26-27)18(22)23/h4-8,11,18,20,29H,9-10H2,1-3H3. The highest BCUT2D eigenvalue weighted by Crippen LogP contribution is 2.34. The zero-order chi connectivity index (χ0) is 22.9. The molecule has 1 N–H and O–H groups in total. The van der Waals surface area contributed by atoms with Crippen LogP contribution in [0.5, 0.6) is 5.75 Å². The number of benzene rings is 1. The number of aryl methyl sites for hydroxylation is 1. The van der Waals surface area contributed by atoms with Gasteiger partial charge in [0.15, 0.2) is 5.76 Å². The zero-order valence-electron chi connectivity index (χ0n) is 17.1. The average molecular weight is 442 g/mol. The topological polar surface area (TPSA) is 75.3 Å². The Balaban J connectivity index is 1.78. The molecule has 1 unspecified atom stereocenters. The first-order valence-corrected chi connectivity index (χ1v) is 9.55. The quantitative estimate of drug-likeness (QED) is 0.630. The lowest BCUT2D eigenvalue weighted by atomic mass is 10.0. The summed E-state index contributed by atoms with van der Waals surface area (Å²) in [6.07, 6.45) is -7.85. The first kappa shape index (κ1) is 22.8. The molecule has 1 aliphatic rings. The van der Waals surface area contributed by atoms with Crippen molar-refractivity contribution in [1.82, 2.24) is 5.01 Å². The molecule has 10 heteroatoms. The predicted molar refractivity (Wildman–Crippen MR) is 103 cm³/mol.